The van der Waals surface area contributed by atoms with Crippen LogP contribution in [0, 0.1) is 5.82 Å². The van der Waals surface area contributed by atoms with Crippen LogP contribution in [-0.4, -0.2) is 17.9 Å². The molecule has 1 atom stereocenters. The number of nitrogens with zero attached hydrogens (tertiary/aromatic N) is 2. The lowest BCUT2D eigenvalue weighted by Crippen LogP contribution is -2.44. The molecule has 3 aromatic rings. The number of carbonyl (C=O) groups is 1. The lowest BCUT2D eigenvalue weighted by Gasteiger charge is -2.35. The van der Waals surface area contributed by atoms with Crippen molar-refractivity contribution >= 4 is 22.9 Å². The highest BCUT2D eigenvalue weighted by Crippen LogP contribution is 2.33. The third-order valence-corrected chi connectivity index (χ3v) is 4.99. The third-order valence-electron chi connectivity index (χ3n) is 4.08. The predicted octanol–water partition coefficient (Wildman–Crippen LogP) is 3.83. The largest absolute Gasteiger partial charge is 0.349 e. The Kier molecular flexibility index (Phi) is 3.54. The van der Waals surface area contributed by atoms with E-state index in [0.29, 0.717) is 5.56 Å². The number of halogens is 1. The number of para-hydroxylation sites is 1. The molecule has 1 aliphatic heterocycles. The Morgan fingerprint density at radius 3 is 2.71 bits per heavy atom. The van der Waals surface area contributed by atoms with E-state index in [-0.39, 0.29) is 17.9 Å². The number of hydrogen-bond donors (Lipinski definition) is 1. The number of thiazole rings is 1. The van der Waals surface area contributed by atoms with Crippen LogP contribution < -0.4 is 10.2 Å². The van der Waals surface area contributed by atoms with Gasteiger partial charge >= 0.3 is 0 Å². The van der Waals surface area contributed by atoms with Gasteiger partial charge in [-0.2, -0.15) is 0 Å². The van der Waals surface area contributed by atoms with E-state index in [0.717, 1.165) is 22.0 Å². The van der Waals surface area contributed by atoms with E-state index >= 15 is 0 Å². The van der Waals surface area contributed by atoms with Crippen LogP contribution in [0.1, 0.15) is 22.2 Å². The van der Waals surface area contributed by atoms with E-state index in [1.807, 2.05) is 41.6 Å². The molecular formula is C18H14FN3OS. The van der Waals surface area contributed by atoms with Crippen LogP contribution in [-0.2, 0) is 0 Å². The Morgan fingerprint density at radius 1 is 1.17 bits per heavy atom. The summed E-state index contributed by atoms with van der Waals surface area (Å²) in [4.78, 5) is 19.0. The summed E-state index contributed by atoms with van der Waals surface area (Å²) in [5.74, 6) is -0.378. The topological polar surface area (TPSA) is 45.2 Å². The van der Waals surface area contributed by atoms with E-state index in [1.165, 1.54) is 23.5 Å². The summed E-state index contributed by atoms with van der Waals surface area (Å²) in [6.45, 7) is 0. The second-order valence-corrected chi connectivity index (χ2v) is 6.45. The van der Waals surface area contributed by atoms with Crippen LogP contribution >= 0.6 is 11.3 Å². The molecule has 1 N–H and O–H groups in total. The molecule has 4 rings (SSSR count). The quantitative estimate of drug-likeness (QED) is 0.772. The van der Waals surface area contributed by atoms with Crippen molar-refractivity contribution in [3.05, 3.63) is 71.0 Å². The molecule has 6 heteroatoms. The van der Waals surface area contributed by atoms with Gasteiger partial charge in [0, 0.05) is 18.0 Å². The number of fused-ring (bicyclic) bond motifs is 1. The minimum atomic E-state index is -0.321. The van der Waals surface area contributed by atoms with Crippen molar-refractivity contribution in [2.75, 3.05) is 11.9 Å². The first kappa shape index (κ1) is 14.8. The van der Waals surface area contributed by atoms with Gasteiger partial charge in [-0.25, -0.2) is 9.37 Å². The molecule has 0 spiro atoms. The second kappa shape index (κ2) is 5.72. The number of aromatic nitrogens is 1. The maximum Gasteiger partial charge on any atom is 0.255 e. The smallest absolute Gasteiger partial charge is 0.255 e. The predicted molar refractivity (Wildman–Crippen MR) is 92.6 cm³/mol. The minimum Gasteiger partial charge on any atom is -0.349 e. The normalized spacial score (nSPS) is 16.7. The molecule has 4 nitrogen and oxygen atoms in total. The first-order chi connectivity index (χ1) is 11.6. The summed E-state index contributed by atoms with van der Waals surface area (Å²) in [6.07, 6.45) is -0.321. The first-order valence-electron chi connectivity index (χ1n) is 7.47. The molecule has 2 heterocycles. The molecule has 1 aliphatic rings. The van der Waals surface area contributed by atoms with Gasteiger partial charge in [-0.3, -0.25) is 4.79 Å². The molecule has 0 fully saturated rings. The van der Waals surface area contributed by atoms with Crippen LogP contribution in [0.3, 0.4) is 0 Å². The number of hydrogen-bond acceptors (Lipinski definition) is 4. The summed E-state index contributed by atoms with van der Waals surface area (Å²) < 4.78 is 13.1. The van der Waals surface area contributed by atoms with E-state index in [2.05, 4.69) is 10.3 Å². The fourth-order valence-electron chi connectivity index (χ4n) is 2.82. The number of benzene rings is 2. The number of rotatable bonds is 2. The van der Waals surface area contributed by atoms with Crippen molar-refractivity contribution in [3.8, 4) is 10.6 Å². The van der Waals surface area contributed by atoms with Gasteiger partial charge in [0.1, 0.15) is 17.0 Å². The standard InChI is InChI=1S/C18H14FN3OS/c1-22-15-5-3-2-4-13(15)17(23)21-16(22)14-10-24-18(20-14)11-6-8-12(19)9-7-11/h2-10,16H,1H3,(H,21,23)/t16-/m0/s1. The average Bonchev–Trinajstić information content (AvgIpc) is 3.08. The van der Waals surface area contributed by atoms with Crippen molar-refractivity contribution in [2.45, 2.75) is 6.17 Å². The third kappa shape index (κ3) is 2.45. The van der Waals surface area contributed by atoms with Crippen LogP contribution in [0.4, 0.5) is 10.1 Å². The van der Waals surface area contributed by atoms with Crippen molar-refractivity contribution in [3.63, 3.8) is 0 Å². The molecule has 24 heavy (non-hydrogen) atoms. The monoisotopic (exact) mass is 339 g/mol. The van der Waals surface area contributed by atoms with Crippen molar-refractivity contribution in [1.82, 2.24) is 10.3 Å². The van der Waals surface area contributed by atoms with E-state index < -0.39 is 0 Å². The summed E-state index contributed by atoms with van der Waals surface area (Å²) in [5.41, 5.74) is 3.16. The maximum absolute atomic E-state index is 13.1. The molecule has 0 radical (unpaired) electrons. The molecule has 0 saturated heterocycles. The van der Waals surface area contributed by atoms with Crippen LogP contribution in [0.25, 0.3) is 10.6 Å². The van der Waals surface area contributed by atoms with Gasteiger partial charge in [-0.05, 0) is 36.4 Å². The number of nitrogens with one attached hydrogen (secondary N) is 1. The molecule has 0 unspecified atom stereocenters. The van der Waals surface area contributed by atoms with Gasteiger partial charge in [0.05, 0.1) is 16.9 Å². The second-order valence-electron chi connectivity index (χ2n) is 5.59. The number of carbonyl (C=O) groups excluding carboxylic acids is 1. The van der Waals surface area contributed by atoms with Gasteiger partial charge in [0.25, 0.3) is 5.91 Å². The fourth-order valence-corrected chi connectivity index (χ4v) is 3.66. The summed E-state index contributed by atoms with van der Waals surface area (Å²) in [6, 6.07) is 13.7. The van der Waals surface area contributed by atoms with E-state index in [9.17, 15) is 9.18 Å². The SMILES string of the molecule is CN1c2ccccc2C(=O)N[C@@H]1c1csc(-c2ccc(F)cc2)n1. The van der Waals surface area contributed by atoms with Crippen LogP contribution in [0.15, 0.2) is 53.9 Å². The first-order valence-corrected chi connectivity index (χ1v) is 8.35. The highest BCUT2D eigenvalue weighted by molar-refractivity contribution is 7.13. The molecule has 2 aromatic carbocycles. The number of anilines is 1. The van der Waals surface area contributed by atoms with Gasteiger partial charge in [-0.1, -0.05) is 12.1 Å². The summed E-state index contributed by atoms with van der Waals surface area (Å²) in [5, 5.41) is 5.71. The molecule has 1 aromatic heterocycles. The molecule has 120 valence electrons. The number of amides is 1. The maximum atomic E-state index is 13.1. The molecule has 0 aliphatic carbocycles. The minimum absolute atomic E-state index is 0.106. The Labute approximate surface area is 142 Å². The summed E-state index contributed by atoms with van der Waals surface area (Å²) >= 11 is 1.48. The Bertz CT molecular complexity index is 907. The van der Waals surface area contributed by atoms with Crippen LogP contribution in [0.5, 0.6) is 0 Å². The van der Waals surface area contributed by atoms with Gasteiger partial charge in [0.2, 0.25) is 0 Å². The van der Waals surface area contributed by atoms with Gasteiger partial charge in [-0.15, -0.1) is 11.3 Å². The lowest BCUT2D eigenvalue weighted by molar-refractivity contribution is 0.0927. The van der Waals surface area contributed by atoms with Gasteiger partial charge in [0.15, 0.2) is 0 Å². The zero-order valence-corrected chi connectivity index (χ0v) is 13.7. The zero-order valence-electron chi connectivity index (χ0n) is 12.9. The molecule has 1 amide bonds. The Balaban J connectivity index is 1.68. The van der Waals surface area contributed by atoms with Crippen LogP contribution in [0.2, 0.25) is 0 Å². The summed E-state index contributed by atoms with van der Waals surface area (Å²) in [7, 11) is 1.93. The van der Waals surface area contributed by atoms with E-state index in [1.54, 1.807) is 12.1 Å². The van der Waals surface area contributed by atoms with Crippen molar-refractivity contribution in [1.29, 1.82) is 0 Å². The Hall–Kier alpha value is -2.73. The zero-order chi connectivity index (χ0) is 16.7. The molecule has 0 bridgehead atoms. The van der Waals surface area contributed by atoms with E-state index in [4.69, 9.17) is 0 Å². The highest BCUT2D eigenvalue weighted by Gasteiger charge is 2.30. The Morgan fingerprint density at radius 2 is 1.92 bits per heavy atom. The molecular weight excluding hydrogens is 325 g/mol. The van der Waals surface area contributed by atoms with Crippen molar-refractivity contribution in [2.24, 2.45) is 0 Å². The van der Waals surface area contributed by atoms with Crippen molar-refractivity contribution < 1.29 is 9.18 Å². The fraction of sp³-hybridized carbons (Fsp3) is 0.111. The molecule has 0 saturated carbocycles. The highest BCUT2D eigenvalue weighted by atomic mass is 32.1. The van der Waals surface area contributed by atoms with Gasteiger partial charge < -0.3 is 10.2 Å². The lowest BCUT2D eigenvalue weighted by atomic mass is 10.1. The average molecular weight is 339 g/mol.